The third-order valence-corrected chi connectivity index (χ3v) is 7.47. The molecule has 1 atom stereocenters. The van der Waals surface area contributed by atoms with Crippen molar-refractivity contribution in [2.24, 2.45) is 0 Å². The average Bonchev–Trinajstić information content (AvgIpc) is 3.34. The first kappa shape index (κ1) is 20.2. The van der Waals surface area contributed by atoms with Gasteiger partial charge in [0.15, 0.2) is 5.13 Å². The first-order valence-corrected chi connectivity index (χ1v) is 12.1. The largest absolute Gasteiger partial charge is 0.282 e. The summed E-state index contributed by atoms with van der Waals surface area (Å²) in [4.78, 5) is 23.8. The molecule has 1 fully saturated rings. The molecular formula is C19H19ClN4O3S2. The predicted octanol–water partition coefficient (Wildman–Crippen LogP) is 3.30. The molecule has 10 heteroatoms. The molecule has 1 saturated heterocycles. The minimum Gasteiger partial charge on any atom is -0.282 e. The van der Waals surface area contributed by atoms with Crippen molar-refractivity contribution in [3.05, 3.63) is 53.3 Å². The van der Waals surface area contributed by atoms with E-state index in [4.69, 9.17) is 11.6 Å². The highest BCUT2D eigenvalue weighted by molar-refractivity contribution is 7.88. The number of sulfonamides is 1. The van der Waals surface area contributed by atoms with Crippen molar-refractivity contribution in [2.75, 3.05) is 17.7 Å². The van der Waals surface area contributed by atoms with E-state index in [9.17, 15) is 13.2 Å². The van der Waals surface area contributed by atoms with E-state index < -0.39 is 16.1 Å². The Labute approximate surface area is 178 Å². The molecule has 1 aromatic carbocycles. The number of nitrogens with zero attached hydrogens (tertiary/aromatic N) is 4. The van der Waals surface area contributed by atoms with E-state index in [2.05, 4.69) is 9.97 Å². The number of pyridine rings is 1. The van der Waals surface area contributed by atoms with Crippen molar-refractivity contribution in [3.63, 3.8) is 0 Å². The van der Waals surface area contributed by atoms with Crippen LogP contribution in [0.1, 0.15) is 18.4 Å². The van der Waals surface area contributed by atoms with Gasteiger partial charge in [-0.05, 0) is 36.6 Å². The van der Waals surface area contributed by atoms with Crippen molar-refractivity contribution < 1.29 is 13.2 Å². The fourth-order valence-electron chi connectivity index (χ4n) is 3.50. The van der Waals surface area contributed by atoms with Crippen LogP contribution in [0, 0.1) is 0 Å². The second kappa shape index (κ2) is 7.98. The number of fused-ring (bicyclic) bond motifs is 1. The molecule has 0 aliphatic carbocycles. The quantitative estimate of drug-likeness (QED) is 0.595. The zero-order valence-electron chi connectivity index (χ0n) is 15.7. The lowest BCUT2D eigenvalue weighted by atomic mass is 10.2. The minimum atomic E-state index is -3.48. The van der Waals surface area contributed by atoms with Crippen LogP contribution in [0.25, 0.3) is 10.2 Å². The van der Waals surface area contributed by atoms with Gasteiger partial charge < -0.3 is 0 Å². The highest BCUT2D eigenvalue weighted by Crippen LogP contribution is 2.35. The molecule has 29 heavy (non-hydrogen) atoms. The molecule has 3 heterocycles. The summed E-state index contributed by atoms with van der Waals surface area (Å²) in [5, 5.41) is 1.000. The van der Waals surface area contributed by atoms with Crippen LogP contribution < -0.4 is 4.90 Å². The van der Waals surface area contributed by atoms with Crippen molar-refractivity contribution in [1.82, 2.24) is 14.3 Å². The molecule has 1 aliphatic heterocycles. The smallest absolute Gasteiger partial charge is 0.247 e. The van der Waals surface area contributed by atoms with Crippen LogP contribution in [0.3, 0.4) is 0 Å². The lowest BCUT2D eigenvalue weighted by Crippen LogP contribution is -2.47. The van der Waals surface area contributed by atoms with Gasteiger partial charge in [0.25, 0.3) is 0 Å². The first-order valence-electron chi connectivity index (χ1n) is 9.07. The van der Waals surface area contributed by atoms with Crippen LogP contribution in [-0.4, -0.2) is 47.4 Å². The predicted molar refractivity (Wildman–Crippen MR) is 115 cm³/mol. The number of hydrogen-bond acceptors (Lipinski definition) is 6. The Morgan fingerprint density at radius 3 is 2.86 bits per heavy atom. The summed E-state index contributed by atoms with van der Waals surface area (Å²) in [6.45, 7) is 0.597. The van der Waals surface area contributed by atoms with Gasteiger partial charge in [0.1, 0.15) is 11.6 Å². The van der Waals surface area contributed by atoms with Crippen LogP contribution in [-0.2, 0) is 21.4 Å². The Morgan fingerprint density at radius 2 is 2.17 bits per heavy atom. The minimum absolute atomic E-state index is 0.248. The van der Waals surface area contributed by atoms with E-state index in [1.54, 1.807) is 29.4 Å². The molecule has 2 aromatic heterocycles. The first-order chi connectivity index (χ1) is 13.8. The maximum atomic E-state index is 13.5. The summed E-state index contributed by atoms with van der Waals surface area (Å²) >= 11 is 7.62. The normalized spacial score (nSPS) is 17.7. The topological polar surface area (TPSA) is 83.5 Å². The number of amides is 1. The van der Waals surface area contributed by atoms with E-state index in [-0.39, 0.29) is 12.5 Å². The van der Waals surface area contributed by atoms with Gasteiger partial charge in [-0.15, -0.1) is 0 Å². The number of carbonyl (C=O) groups excluding carboxylic acids is 1. The Bertz CT molecular complexity index is 1150. The molecule has 7 nitrogen and oxygen atoms in total. The van der Waals surface area contributed by atoms with Gasteiger partial charge in [-0.25, -0.2) is 13.4 Å². The summed E-state index contributed by atoms with van der Waals surface area (Å²) < 4.78 is 26.5. The summed E-state index contributed by atoms with van der Waals surface area (Å²) in [6, 6.07) is 8.42. The highest BCUT2D eigenvalue weighted by Gasteiger charge is 2.39. The molecule has 0 radical (unpaired) electrons. The second-order valence-corrected chi connectivity index (χ2v) is 10.3. The van der Waals surface area contributed by atoms with Gasteiger partial charge in [0.2, 0.25) is 15.9 Å². The molecule has 0 bridgehead atoms. The van der Waals surface area contributed by atoms with Crippen molar-refractivity contribution in [2.45, 2.75) is 25.4 Å². The number of halogens is 1. The summed E-state index contributed by atoms with van der Waals surface area (Å²) in [6.07, 6.45) is 5.62. The Hall–Kier alpha value is -2.07. The Morgan fingerprint density at radius 1 is 1.34 bits per heavy atom. The fraction of sp³-hybridized carbons (Fsp3) is 0.316. The third kappa shape index (κ3) is 4.13. The van der Waals surface area contributed by atoms with Gasteiger partial charge in [-0.1, -0.05) is 35.1 Å². The Kier molecular flexibility index (Phi) is 5.56. The maximum Gasteiger partial charge on any atom is 0.247 e. The lowest BCUT2D eigenvalue weighted by molar-refractivity contribution is -0.121. The van der Waals surface area contributed by atoms with Crippen LogP contribution in [0.5, 0.6) is 0 Å². The number of hydrogen-bond donors (Lipinski definition) is 0. The third-order valence-electron chi connectivity index (χ3n) is 4.83. The van der Waals surface area contributed by atoms with E-state index in [1.807, 2.05) is 18.2 Å². The van der Waals surface area contributed by atoms with Crippen LogP contribution >= 0.6 is 22.9 Å². The molecule has 152 valence electrons. The molecule has 3 aromatic rings. The Balaban J connectivity index is 1.75. The van der Waals surface area contributed by atoms with E-state index >= 15 is 0 Å². The number of thiazole rings is 1. The summed E-state index contributed by atoms with van der Waals surface area (Å²) in [5.41, 5.74) is 1.46. The van der Waals surface area contributed by atoms with Gasteiger partial charge in [0.05, 0.1) is 22.5 Å². The summed E-state index contributed by atoms with van der Waals surface area (Å²) in [7, 11) is -3.48. The number of rotatable bonds is 5. The molecular weight excluding hydrogens is 432 g/mol. The van der Waals surface area contributed by atoms with Crippen LogP contribution in [0.4, 0.5) is 5.13 Å². The summed E-state index contributed by atoms with van der Waals surface area (Å²) in [5.74, 6) is -0.285. The lowest BCUT2D eigenvalue weighted by Gasteiger charge is -2.27. The van der Waals surface area contributed by atoms with E-state index in [0.29, 0.717) is 35.1 Å². The molecule has 4 rings (SSSR count). The number of carbonyl (C=O) groups is 1. The molecule has 0 spiro atoms. The van der Waals surface area contributed by atoms with Gasteiger partial charge in [0, 0.05) is 18.9 Å². The molecule has 1 aliphatic rings. The average molecular weight is 451 g/mol. The standard InChI is InChI=1S/C19H19ClN4O3S2/c1-29(26,27)24-10-4-7-15(24)18(25)23(12-13-5-3-9-21-11-13)19-22-17-14(20)6-2-8-16(17)28-19/h2-3,5-6,8-9,11,15H,4,7,10,12H2,1H3. The van der Waals surface area contributed by atoms with Gasteiger partial charge in [-0.3, -0.25) is 14.7 Å². The zero-order valence-corrected chi connectivity index (χ0v) is 18.0. The molecule has 1 amide bonds. The number of anilines is 1. The number of para-hydroxylation sites is 1. The maximum absolute atomic E-state index is 13.5. The molecule has 1 unspecified atom stereocenters. The van der Waals surface area contributed by atoms with Gasteiger partial charge in [-0.2, -0.15) is 4.31 Å². The number of benzene rings is 1. The van der Waals surface area contributed by atoms with Crippen molar-refractivity contribution in [3.8, 4) is 0 Å². The monoisotopic (exact) mass is 450 g/mol. The fourth-order valence-corrected chi connectivity index (χ4v) is 5.89. The van der Waals surface area contributed by atoms with Crippen molar-refractivity contribution in [1.29, 1.82) is 0 Å². The zero-order chi connectivity index (χ0) is 20.6. The SMILES string of the molecule is CS(=O)(=O)N1CCCC1C(=O)N(Cc1cccnc1)c1nc2c(Cl)cccc2s1. The second-order valence-electron chi connectivity index (χ2n) is 6.90. The van der Waals surface area contributed by atoms with E-state index in [0.717, 1.165) is 16.5 Å². The molecule has 0 saturated carbocycles. The molecule has 0 N–H and O–H groups in total. The van der Waals surface area contributed by atoms with Crippen LogP contribution in [0.2, 0.25) is 5.02 Å². The van der Waals surface area contributed by atoms with Gasteiger partial charge >= 0.3 is 0 Å². The highest BCUT2D eigenvalue weighted by atomic mass is 35.5. The van der Waals surface area contributed by atoms with Crippen molar-refractivity contribution >= 4 is 54.2 Å². The van der Waals surface area contributed by atoms with Crippen LogP contribution in [0.15, 0.2) is 42.7 Å². The van der Waals surface area contributed by atoms with E-state index in [1.165, 1.54) is 15.6 Å². The number of aromatic nitrogens is 2.